The van der Waals surface area contributed by atoms with E-state index < -0.39 is 0 Å². The van der Waals surface area contributed by atoms with E-state index in [2.05, 4.69) is 24.8 Å². The zero-order valence-electron chi connectivity index (χ0n) is 17.4. The second-order valence-electron chi connectivity index (χ2n) is 7.73. The van der Waals surface area contributed by atoms with Crippen molar-refractivity contribution in [3.05, 3.63) is 33.4 Å². The Hall–Kier alpha value is -2.68. The standard InChI is InChI=1S/C20H28N6O3/c1-5-28-17-8-12(2)21-19(23-17)25-7-6-15-16(11-25)22-20(24-18(15)27)26-9-13(3)29-14(4)10-26/h8,13-14H,5-7,9-11H2,1-4H3,(H,22,24,27). The molecule has 2 aliphatic heterocycles. The van der Waals surface area contributed by atoms with Crippen LogP contribution < -0.4 is 20.1 Å². The average Bonchev–Trinajstić information content (AvgIpc) is 2.66. The van der Waals surface area contributed by atoms with Crippen molar-refractivity contribution in [3.63, 3.8) is 0 Å². The maximum atomic E-state index is 12.7. The topological polar surface area (TPSA) is 96.5 Å². The number of rotatable bonds is 4. The molecule has 0 radical (unpaired) electrons. The molecule has 156 valence electrons. The van der Waals surface area contributed by atoms with Gasteiger partial charge in [-0.05, 0) is 34.1 Å². The Morgan fingerprint density at radius 3 is 2.69 bits per heavy atom. The Morgan fingerprint density at radius 2 is 1.97 bits per heavy atom. The molecule has 0 spiro atoms. The zero-order chi connectivity index (χ0) is 20.5. The lowest BCUT2D eigenvalue weighted by atomic mass is 10.1. The van der Waals surface area contributed by atoms with Gasteiger partial charge in [0.15, 0.2) is 0 Å². The van der Waals surface area contributed by atoms with Crippen LogP contribution in [0.15, 0.2) is 10.9 Å². The van der Waals surface area contributed by atoms with Crippen LogP contribution in [0.2, 0.25) is 0 Å². The van der Waals surface area contributed by atoms with Crippen molar-refractivity contribution in [1.82, 2.24) is 19.9 Å². The van der Waals surface area contributed by atoms with Crippen molar-refractivity contribution in [2.24, 2.45) is 0 Å². The van der Waals surface area contributed by atoms with E-state index in [1.54, 1.807) is 0 Å². The van der Waals surface area contributed by atoms with E-state index in [9.17, 15) is 4.79 Å². The number of anilines is 2. The Kier molecular flexibility index (Phi) is 5.40. The van der Waals surface area contributed by atoms with Gasteiger partial charge in [-0.15, -0.1) is 0 Å². The van der Waals surface area contributed by atoms with Gasteiger partial charge in [-0.2, -0.15) is 4.98 Å². The van der Waals surface area contributed by atoms with Crippen molar-refractivity contribution >= 4 is 11.9 Å². The van der Waals surface area contributed by atoms with Crippen molar-refractivity contribution in [2.45, 2.75) is 52.9 Å². The molecule has 4 rings (SSSR count). The lowest BCUT2D eigenvalue weighted by molar-refractivity contribution is -0.00575. The van der Waals surface area contributed by atoms with E-state index >= 15 is 0 Å². The van der Waals surface area contributed by atoms with Crippen molar-refractivity contribution < 1.29 is 9.47 Å². The summed E-state index contributed by atoms with van der Waals surface area (Å²) < 4.78 is 11.4. The van der Waals surface area contributed by atoms with Gasteiger partial charge in [0.1, 0.15) is 0 Å². The first-order valence-corrected chi connectivity index (χ1v) is 10.2. The second-order valence-corrected chi connectivity index (χ2v) is 7.73. The predicted molar refractivity (Wildman–Crippen MR) is 110 cm³/mol. The first-order valence-electron chi connectivity index (χ1n) is 10.2. The molecule has 0 aliphatic carbocycles. The number of aromatic amines is 1. The molecule has 2 aromatic rings. The molecule has 2 aromatic heterocycles. The van der Waals surface area contributed by atoms with Crippen LogP contribution in [-0.4, -0.2) is 58.4 Å². The van der Waals surface area contributed by atoms with E-state index in [4.69, 9.17) is 14.5 Å². The van der Waals surface area contributed by atoms with Gasteiger partial charge in [0, 0.05) is 37.0 Å². The van der Waals surface area contributed by atoms with Gasteiger partial charge in [-0.25, -0.2) is 9.97 Å². The van der Waals surface area contributed by atoms with Crippen molar-refractivity contribution in [2.75, 3.05) is 36.0 Å². The highest BCUT2D eigenvalue weighted by molar-refractivity contribution is 5.41. The minimum atomic E-state index is -0.0587. The monoisotopic (exact) mass is 400 g/mol. The second kappa shape index (κ2) is 7.98. The molecule has 2 atom stereocenters. The normalized spacial score (nSPS) is 21.8. The van der Waals surface area contributed by atoms with E-state index in [1.807, 2.05) is 33.8 Å². The highest BCUT2D eigenvalue weighted by atomic mass is 16.5. The minimum absolute atomic E-state index is 0.0587. The van der Waals surface area contributed by atoms with Crippen LogP contribution in [0.5, 0.6) is 5.88 Å². The molecular formula is C20H28N6O3. The maximum absolute atomic E-state index is 12.7. The van der Waals surface area contributed by atoms with Crippen molar-refractivity contribution in [1.29, 1.82) is 0 Å². The quantitative estimate of drug-likeness (QED) is 0.824. The molecule has 29 heavy (non-hydrogen) atoms. The Labute approximate surface area is 170 Å². The number of nitrogens with zero attached hydrogens (tertiary/aromatic N) is 5. The van der Waals surface area contributed by atoms with Gasteiger partial charge in [-0.3, -0.25) is 9.78 Å². The van der Waals surface area contributed by atoms with Crippen LogP contribution in [0, 0.1) is 6.92 Å². The summed E-state index contributed by atoms with van der Waals surface area (Å²) in [7, 11) is 0. The predicted octanol–water partition coefficient (Wildman–Crippen LogP) is 1.44. The number of aryl methyl sites for hydroxylation is 1. The third-order valence-electron chi connectivity index (χ3n) is 5.17. The number of hydrogen-bond acceptors (Lipinski definition) is 8. The molecule has 2 aliphatic rings. The van der Waals surface area contributed by atoms with Crippen LogP contribution in [0.4, 0.5) is 11.9 Å². The maximum Gasteiger partial charge on any atom is 0.255 e. The minimum Gasteiger partial charge on any atom is -0.478 e. The summed E-state index contributed by atoms with van der Waals surface area (Å²) in [4.78, 5) is 33.7. The lowest BCUT2D eigenvalue weighted by Gasteiger charge is -2.36. The molecule has 0 saturated carbocycles. The van der Waals surface area contributed by atoms with Gasteiger partial charge in [0.2, 0.25) is 17.8 Å². The highest BCUT2D eigenvalue weighted by Crippen LogP contribution is 2.23. The zero-order valence-corrected chi connectivity index (χ0v) is 17.4. The lowest BCUT2D eigenvalue weighted by Crippen LogP contribution is -2.47. The summed E-state index contributed by atoms with van der Waals surface area (Å²) >= 11 is 0. The summed E-state index contributed by atoms with van der Waals surface area (Å²) in [5, 5.41) is 0. The van der Waals surface area contributed by atoms with Gasteiger partial charge in [0.25, 0.3) is 5.56 Å². The van der Waals surface area contributed by atoms with Gasteiger partial charge >= 0.3 is 0 Å². The summed E-state index contributed by atoms with van der Waals surface area (Å²) in [6.45, 7) is 11.0. The fourth-order valence-corrected chi connectivity index (χ4v) is 3.99. The first-order chi connectivity index (χ1) is 13.9. The SMILES string of the molecule is CCOc1cc(C)nc(N2CCc3c(nc(N4CC(C)OC(C)C4)[nH]c3=O)C2)n1. The van der Waals surface area contributed by atoms with Crippen LogP contribution >= 0.6 is 0 Å². The highest BCUT2D eigenvalue weighted by Gasteiger charge is 2.27. The number of hydrogen-bond donors (Lipinski definition) is 1. The van der Waals surface area contributed by atoms with E-state index in [-0.39, 0.29) is 17.8 Å². The molecule has 1 saturated heterocycles. The average molecular weight is 400 g/mol. The third-order valence-corrected chi connectivity index (χ3v) is 5.17. The van der Waals surface area contributed by atoms with Crippen LogP contribution in [0.3, 0.4) is 0 Å². The Bertz CT molecular complexity index is 936. The Morgan fingerprint density at radius 1 is 1.21 bits per heavy atom. The molecule has 0 amide bonds. The summed E-state index contributed by atoms with van der Waals surface area (Å²) in [5.41, 5.74) is 2.32. The third kappa shape index (κ3) is 4.19. The molecule has 4 heterocycles. The molecule has 1 fully saturated rings. The molecular weight excluding hydrogens is 372 g/mol. The van der Waals surface area contributed by atoms with Gasteiger partial charge in [0.05, 0.1) is 31.1 Å². The number of aromatic nitrogens is 4. The molecule has 1 N–H and O–H groups in total. The van der Waals surface area contributed by atoms with E-state index in [0.29, 0.717) is 57.0 Å². The smallest absolute Gasteiger partial charge is 0.255 e. The van der Waals surface area contributed by atoms with Crippen LogP contribution in [0.1, 0.15) is 37.7 Å². The number of ether oxygens (including phenoxy) is 2. The first kappa shape index (κ1) is 19.6. The Balaban J connectivity index is 1.62. The fourth-order valence-electron chi connectivity index (χ4n) is 3.99. The molecule has 9 nitrogen and oxygen atoms in total. The van der Waals surface area contributed by atoms with Crippen LogP contribution in [0.25, 0.3) is 0 Å². The van der Waals surface area contributed by atoms with Crippen LogP contribution in [-0.2, 0) is 17.7 Å². The number of H-pyrrole nitrogens is 1. The van der Waals surface area contributed by atoms with Crippen molar-refractivity contribution in [3.8, 4) is 5.88 Å². The van der Waals surface area contributed by atoms with E-state index in [0.717, 1.165) is 17.0 Å². The fraction of sp³-hybridized carbons (Fsp3) is 0.600. The van der Waals surface area contributed by atoms with Gasteiger partial charge in [-0.1, -0.05) is 0 Å². The molecule has 9 heteroatoms. The van der Waals surface area contributed by atoms with E-state index in [1.165, 1.54) is 0 Å². The summed E-state index contributed by atoms with van der Waals surface area (Å²) in [6, 6.07) is 1.83. The number of morpholine rings is 1. The van der Waals surface area contributed by atoms with Gasteiger partial charge < -0.3 is 19.3 Å². The molecule has 2 unspecified atom stereocenters. The molecule has 0 bridgehead atoms. The molecule has 0 aromatic carbocycles. The summed E-state index contributed by atoms with van der Waals surface area (Å²) in [5.74, 6) is 1.78. The summed E-state index contributed by atoms with van der Waals surface area (Å²) in [6.07, 6.45) is 0.790. The number of fused-ring (bicyclic) bond motifs is 1. The number of nitrogens with one attached hydrogen (secondary N) is 1. The largest absolute Gasteiger partial charge is 0.478 e.